The van der Waals surface area contributed by atoms with Crippen LogP contribution >= 0.6 is 0 Å². The number of Topliss-reactive ketones (excluding diaryl/α,β-unsaturated/α-hetero) is 2. The van der Waals surface area contributed by atoms with Crippen LogP contribution in [0.2, 0.25) is 0 Å². The highest BCUT2D eigenvalue weighted by molar-refractivity contribution is 6.81. The van der Waals surface area contributed by atoms with E-state index in [1.54, 1.807) is 0 Å². The number of aliphatic hydroxyl groups is 2. The Morgan fingerprint density at radius 2 is 0.706 bits per heavy atom. The number of hydrogen-bond acceptors (Lipinski definition) is 14. The third-order valence-electron chi connectivity index (χ3n) is 27.2. The first-order valence-corrected chi connectivity index (χ1v) is 47.0. The molecule has 126 heavy (non-hydrogen) atoms. The average molecular weight is 1670 g/mol. The highest BCUT2D eigenvalue weighted by Gasteiger charge is 2.42. The van der Waals surface area contributed by atoms with Crippen LogP contribution in [0, 0.1) is 35.5 Å². The highest BCUT2D eigenvalue weighted by Crippen LogP contribution is 2.48. The summed E-state index contributed by atoms with van der Waals surface area (Å²) in [6, 6.07) is 74.9. The predicted molar refractivity (Wildman–Crippen MR) is 532 cm³/mol. The summed E-state index contributed by atoms with van der Waals surface area (Å²) in [4.78, 5) is 39.7. The minimum Gasteiger partial charge on any atom is -0.506 e. The molecule has 0 radical (unpaired) electrons. The normalized spacial score (nSPS) is 16.1. The summed E-state index contributed by atoms with van der Waals surface area (Å²) < 4.78 is 12.4. The van der Waals surface area contributed by atoms with Crippen LogP contribution in [-0.2, 0) is 22.4 Å². The Bertz CT molecular complexity index is 6420. The number of carbonyl (C=O) groups is 2. The topological polar surface area (TPSA) is 190 Å². The lowest BCUT2D eigenvalue weighted by Crippen LogP contribution is -2.48. The van der Waals surface area contributed by atoms with Crippen LogP contribution in [0.3, 0.4) is 0 Å². The van der Waals surface area contributed by atoms with Crippen LogP contribution in [0.15, 0.2) is 240 Å². The number of anilines is 6. The van der Waals surface area contributed by atoms with Gasteiger partial charge >= 0.3 is 27.9 Å². The Labute approximate surface area is 745 Å². The van der Waals surface area contributed by atoms with Gasteiger partial charge in [-0.3, -0.25) is 9.59 Å². The molecule has 14 nitrogen and oxygen atoms in total. The molecule has 0 spiro atoms. The van der Waals surface area contributed by atoms with Crippen molar-refractivity contribution in [2.24, 2.45) is 45.3 Å². The van der Waals surface area contributed by atoms with Crippen molar-refractivity contribution < 1.29 is 29.3 Å². The number of hydrogen-bond donors (Lipinski definition) is 8. The maximum Gasteiger partial charge on any atom is 0.427 e. The number of benzene rings is 12. The summed E-state index contributed by atoms with van der Waals surface area (Å²) in [6.45, 7) is 23.1. The van der Waals surface area contributed by atoms with E-state index < -0.39 is 6.98 Å². The largest absolute Gasteiger partial charge is 0.506 e. The van der Waals surface area contributed by atoms with E-state index in [9.17, 15) is 19.8 Å². The molecule has 2 aliphatic carbocycles. The molecule has 12 aromatic carbocycles. The maximum atomic E-state index is 14.6. The SMILES string of the molecule is CC(C)CCCC(C)CCc1ccc(B2N=c3c(=C4C(=O)C(c5ccc6cccc7c6c5NB(c5ccc(CCC(C)CCCC(C)C)cc5)N7)=C4O)ccc4cccc(c34)N2)cc1.CCCCC(CC)COc1ccc(B2N=c3c(=C4C(=O)C(c5ccc6cccc7c6c5NB(c5ccc(OCC(CC)CCCC)cc5)N7)=C4O)ccc4cccc(c34)N2)cc1. The highest BCUT2D eigenvalue weighted by atomic mass is 16.5. The van der Waals surface area contributed by atoms with Gasteiger partial charge in [-0.25, -0.2) is 0 Å². The van der Waals surface area contributed by atoms with Gasteiger partial charge in [-0.1, -0.05) is 316 Å². The Hall–Kier alpha value is -11.9. The predicted octanol–water partition coefficient (Wildman–Crippen LogP) is 20.7. The van der Waals surface area contributed by atoms with Gasteiger partial charge in [0.15, 0.2) is 0 Å². The molecule has 4 atom stereocenters. The Morgan fingerprint density at radius 3 is 1.08 bits per heavy atom. The van der Waals surface area contributed by atoms with E-state index in [-0.39, 0.29) is 49.6 Å². The molecule has 12 aromatic rings. The van der Waals surface area contributed by atoms with Crippen molar-refractivity contribution in [1.82, 2.24) is 0 Å². The third-order valence-corrected chi connectivity index (χ3v) is 27.2. The second-order valence-corrected chi connectivity index (χ2v) is 37.2. The van der Waals surface area contributed by atoms with E-state index >= 15 is 0 Å². The summed E-state index contributed by atoms with van der Waals surface area (Å²) in [6.07, 6.45) is 21.7. The lowest BCUT2D eigenvalue weighted by atomic mass is 9.65. The zero-order chi connectivity index (χ0) is 87.2. The van der Waals surface area contributed by atoms with Crippen molar-refractivity contribution in [1.29, 1.82) is 0 Å². The van der Waals surface area contributed by atoms with Gasteiger partial charge in [-0.05, 0) is 177 Å². The fraction of sp³-hybridized carbons (Fsp3) is 0.333. The van der Waals surface area contributed by atoms with Crippen molar-refractivity contribution in [2.45, 2.75) is 185 Å². The van der Waals surface area contributed by atoms with Crippen molar-refractivity contribution >= 4 is 161 Å². The molecule has 0 amide bonds. The summed E-state index contributed by atoms with van der Waals surface area (Å²) in [5.74, 6) is 5.38. The van der Waals surface area contributed by atoms with Crippen molar-refractivity contribution in [3.63, 3.8) is 0 Å². The monoisotopic (exact) mass is 1670 g/mol. The molecule has 8 N–H and O–H groups in total. The summed E-state index contributed by atoms with van der Waals surface area (Å²) >= 11 is 0. The first-order chi connectivity index (χ1) is 61.4. The van der Waals surface area contributed by atoms with Crippen molar-refractivity contribution in [3.05, 3.63) is 273 Å². The number of allylic oxidation sites excluding steroid dienone is 4. The van der Waals surface area contributed by atoms with Gasteiger partial charge in [-0.15, -0.1) is 0 Å². The number of ketones is 2. The molecule has 4 heterocycles. The molecule has 4 aliphatic heterocycles. The summed E-state index contributed by atoms with van der Waals surface area (Å²) in [7, 11) is 0. The van der Waals surface area contributed by atoms with Crippen LogP contribution in [0.1, 0.15) is 194 Å². The molecule has 0 saturated heterocycles. The molecule has 640 valence electrons. The van der Waals surface area contributed by atoms with E-state index in [0.717, 1.165) is 166 Å². The number of nitrogens with zero attached hydrogens (tertiary/aromatic N) is 2. The molecular formula is C108H120B4N8O6. The van der Waals surface area contributed by atoms with E-state index in [0.29, 0.717) is 68.0 Å². The molecule has 0 aromatic heterocycles. The summed E-state index contributed by atoms with van der Waals surface area (Å²) in [5, 5.41) is 57.0. The second-order valence-electron chi connectivity index (χ2n) is 37.2. The van der Waals surface area contributed by atoms with Crippen LogP contribution in [0.25, 0.3) is 65.4 Å². The van der Waals surface area contributed by atoms with Crippen molar-refractivity contribution in [2.75, 3.05) is 44.6 Å². The van der Waals surface area contributed by atoms with Gasteiger partial charge in [0.2, 0.25) is 11.6 Å². The number of nitrogens with one attached hydrogen (secondary N) is 6. The quantitative estimate of drug-likeness (QED) is 0.0179. The fourth-order valence-electron chi connectivity index (χ4n) is 19.4. The minimum absolute atomic E-state index is 0.0129. The molecule has 4 unspecified atom stereocenters. The smallest absolute Gasteiger partial charge is 0.427 e. The lowest BCUT2D eigenvalue weighted by molar-refractivity contribution is -0.110. The fourth-order valence-corrected chi connectivity index (χ4v) is 19.4. The molecule has 18 rings (SSSR count). The standard InChI is InChI=1S/C56H64B2N4O2.C52H56B2N4O4/c1-35(2)11-7-13-37(5)19-21-39-23-29-43(30-24-39)57-59-47-17-9-15-41-27-33-45(53(61-57)49(41)47)51-55(63)52(56(51)64)46-34-28-42-16-10-18-48-50(42)54(46)62-58(60-48)44-31-25-40(26-32-44)22-20-38(6)14-8-12-36(3)4;1-5-9-13-33(7-3)31-61-39-25-21-37(22-26-39)53-55-43-17-11-15-35-19-29-41(49(57-53)45(35)43)47-51(59)48(52(47)60)42-30-20-36-16-12-18-44-46(36)50(42)58-54(56-44)38-23-27-40(28-24-38)62-32-34(8-4)14-10-6-2/h9-10,15-18,23-38,59-61,63H,7-8,11-14,19-22H2,1-6H3;11-12,15-30,33-34,55-57,59H,5-10,13-14,31-32H2,1-4H3. The first kappa shape index (κ1) is 86.2. The van der Waals surface area contributed by atoms with Gasteiger partial charge < -0.3 is 60.9 Å². The van der Waals surface area contributed by atoms with Crippen molar-refractivity contribution in [3.8, 4) is 11.5 Å². The van der Waals surface area contributed by atoms with Gasteiger partial charge in [0, 0.05) is 77.2 Å². The molecule has 0 saturated carbocycles. The first-order valence-electron chi connectivity index (χ1n) is 47.0. The number of unbranched alkanes of at least 4 members (excludes halogenated alkanes) is 2. The Balaban J connectivity index is 0.000000178. The Kier molecular flexibility index (Phi) is 26.4. The minimum atomic E-state index is -0.394. The molecular weight excluding hydrogens is 1550 g/mol. The van der Waals surface area contributed by atoms with E-state index in [4.69, 9.17) is 19.3 Å². The third kappa shape index (κ3) is 18.2. The number of carbonyl (C=O) groups excluding carboxylic acids is 2. The molecule has 0 fully saturated rings. The number of aliphatic hydroxyl groups excluding tert-OH is 2. The van der Waals surface area contributed by atoms with Gasteiger partial charge in [0.25, 0.3) is 0 Å². The van der Waals surface area contributed by atoms with Gasteiger partial charge in [-0.2, -0.15) is 0 Å². The van der Waals surface area contributed by atoms with E-state index in [1.807, 2.05) is 84.9 Å². The number of rotatable bonds is 34. The Morgan fingerprint density at radius 1 is 0.349 bits per heavy atom. The molecule has 0 bridgehead atoms. The maximum absolute atomic E-state index is 14.6. The number of ether oxygens (including phenoxy) is 2. The lowest BCUT2D eigenvalue weighted by Gasteiger charge is -2.31. The van der Waals surface area contributed by atoms with Crippen LogP contribution in [0.5, 0.6) is 11.5 Å². The van der Waals surface area contributed by atoms with Crippen LogP contribution in [0.4, 0.5) is 34.1 Å². The van der Waals surface area contributed by atoms with E-state index in [1.165, 1.54) is 101 Å². The zero-order valence-corrected chi connectivity index (χ0v) is 75.1. The number of aryl methyl sites for hydroxylation is 2. The van der Waals surface area contributed by atoms with E-state index in [2.05, 4.69) is 234 Å². The zero-order valence-electron chi connectivity index (χ0n) is 75.1. The van der Waals surface area contributed by atoms with Gasteiger partial charge in [0.05, 0.1) is 46.2 Å². The second kappa shape index (κ2) is 38.5. The van der Waals surface area contributed by atoms with Gasteiger partial charge in [0.1, 0.15) is 23.0 Å². The van der Waals surface area contributed by atoms with Crippen LogP contribution in [-0.4, -0.2) is 62.9 Å². The molecule has 6 aliphatic rings. The average Bonchev–Trinajstić information content (AvgIpc) is 0.718. The van der Waals surface area contributed by atoms with Crippen LogP contribution < -0.4 is 83.8 Å². The molecule has 18 heteroatoms. The summed E-state index contributed by atoms with van der Waals surface area (Å²) in [5.41, 5.74) is 15.0.